The minimum Gasteiger partial charge on any atom is -0.0619 e. The molecule has 1 aromatic rings. The number of hydrogen-bond donors (Lipinski definition) is 0. The van der Waals surface area contributed by atoms with Crippen molar-refractivity contribution in [2.75, 3.05) is 0 Å². The van der Waals surface area contributed by atoms with Gasteiger partial charge in [0.1, 0.15) is 0 Å². The van der Waals surface area contributed by atoms with Crippen molar-refractivity contribution in [1.82, 2.24) is 0 Å². The maximum atomic E-state index is 2.44. The number of benzene rings is 1. The first-order valence-corrected chi connectivity index (χ1v) is 6.50. The summed E-state index contributed by atoms with van der Waals surface area (Å²) in [6.07, 6.45) is 6.52. The van der Waals surface area contributed by atoms with Crippen LogP contribution in [0.2, 0.25) is 0 Å². The van der Waals surface area contributed by atoms with Gasteiger partial charge in [-0.1, -0.05) is 18.2 Å². The van der Waals surface area contributed by atoms with Gasteiger partial charge in [0.25, 0.3) is 0 Å². The molecule has 0 saturated carbocycles. The summed E-state index contributed by atoms with van der Waals surface area (Å²) in [7, 11) is 0. The van der Waals surface area contributed by atoms with Crippen LogP contribution >= 0.6 is 0 Å². The van der Waals surface area contributed by atoms with Crippen molar-refractivity contribution in [2.45, 2.75) is 19.3 Å². The number of hydrogen-bond acceptors (Lipinski definition) is 0. The Labute approximate surface area is 83.9 Å². The molecular formula is C11H12I+. The summed E-state index contributed by atoms with van der Waals surface area (Å²) in [5.41, 5.74) is 0. The van der Waals surface area contributed by atoms with Gasteiger partial charge in [0, 0.05) is 6.42 Å². The van der Waals surface area contributed by atoms with Gasteiger partial charge < -0.3 is 0 Å². The predicted molar refractivity (Wildman–Crippen MR) is 47.1 cm³/mol. The molecule has 62 valence electrons. The fourth-order valence-corrected chi connectivity index (χ4v) is 4.09. The Hall–Kier alpha value is -0.310. The lowest BCUT2D eigenvalue weighted by molar-refractivity contribution is -0.578. The highest BCUT2D eigenvalue weighted by Crippen LogP contribution is 2.09. The highest BCUT2D eigenvalue weighted by molar-refractivity contribution is 5.02. The average molecular weight is 271 g/mol. The summed E-state index contributed by atoms with van der Waals surface area (Å²) in [6.45, 7) is 0. The fraction of sp³-hybridized carbons (Fsp3) is 0.273. The molecule has 1 aliphatic rings. The second-order valence-electron chi connectivity index (χ2n) is 2.93. The fourth-order valence-electron chi connectivity index (χ4n) is 1.34. The van der Waals surface area contributed by atoms with E-state index in [1.807, 2.05) is 0 Å². The Bertz CT molecular complexity index is 274. The van der Waals surface area contributed by atoms with E-state index in [2.05, 4.69) is 36.4 Å². The van der Waals surface area contributed by atoms with E-state index in [4.69, 9.17) is 0 Å². The third kappa shape index (κ3) is 2.09. The predicted octanol–water partition coefficient (Wildman–Crippen LogP) is 0.0130. The molecule has 1 aromatic carbocycles. The van der Waals surface area contributed by atoms with E-state index in [0.717, 1.165) is 0 Å². The summed E-state index contributed by atoms with van der Waals surface area (Å²) >= 11 is 0.184. The van der Waals surface area contributed by atoms with Gasteiger partial charge in [-0.15, -0.1) is 0 Å². The molecule has 12 heavy (non-hydrogen) atoms. The van der Waals surface area contributed by atoms with Crippen LogP contribution in [-0.4, -0.2) is 0 Å². The van der Waals surface area contributed by atoms with Gasteiger partial charge >= 0.3 is 21.2 Å². The van der Waals surface area contributed by atoms with Crippen LogP contribution in [0.3, 0.4) is 0 Å². The van der Waals surface area contributed by atoms with E-state index < -0.39 is 0 Å². The molecular weight excluding hydrogens is 259 g/mol. The smallest absolute Gasteiger partial charge is 0.0619 e. The summed E-state index contributed by atoms with van der Waals surface area (Å²) in [4.78, 5) is 0. The van der Waals surface area contributed by atoms with E-state index in [1.165, 1.54) is 19.3 Å². The molecule has 0 aliphatic heterocycles. The zero-order valence-corrected chi connectivity index (χ0v) is 9.12. The molecule has 0 saturated heterocycles. The Morgan fingerprint density at radius 2 is 1.92 bits per heavy atom. The molecule has 0 aromatic heterocycles. The number of halogens is 1. The molecule has 0 bridgehead atoms. The van der Waals surface area contributed by atoms with Crippen molar-refractivity contribution in [1.29, 1.82) is 0 Å². The Morgan fingerprint density at radius 1 is 1.08 bits per heavy atom. The molecule has 0 heterocycles. The third-order valence-electron chi connectivity index (χ3n) is 1.95. The van der Waals surface area contributed by atoms with Gasteiger partial charge in [0.15, 0.2) is 7.15 Å². The van der Waals surface area contributed by atoms with E-state index in [-0.39, 0.29) is 21.2 Å². The minimum absolute atomic E-state index is 0.184. The van der Waals surface area contributed by atoms with Crippen molar-refractivity contribution in [3.8, 4) is 0 Å². The molecule has 0 nitrogen and oxygen atoms in total. The van der Waals surface area contributed by atoms with Crippen molar-refractivity contribution in [3.05, 3.63) is 43.6 Å². The SMILES string of the molecule is C1=C([I+]c2ccccc2)CCC1. The van der Waals surface area contributed by atoms with Crippen LogP contribution in [0.25, 0.3) is 0 Å². The van der Waals surface area contributed by atoms with Crippen LogP contribution in [-0.2, 0) is 0 Å². The van der Waals surface area contributed by atoms with Gasteiger partial charge in [-0.2, -0.15) is 0 Å². The van der Waals surface area contributed by atoms with Gasteiger partial charge in [-0.3, -0.25) is 0 Å². The van der Waals surface area contributed by atoms with Gasteiger partial charge in [-0.05, 0) is 31.1 Å². The van der Waals surface area contributed by atoms with Crippen LogP contribution in [0, 0.1) is 3.57 Å². The second kappa shape index (κ2) is 4.08. The van der Waals surface area contributed by atoms with Crippen LogP contribution in [0.5, 0.6) is 0 Å². The zero-order valence-electron chi connectivity index (χ0n) is 6.96. The van der Waals surface area contributed by atoms with E-state index in [1.54, 1.807) is 7.15 Å². The Kier molecular flexibility index (Phi) is 2.82. The van der Waals surface area contributed by atoms with Crippen LogP contribution in [0.4, 0.5) is 0 Å². The quantitative estimate of drug-likeness (QED) is 0.665. The standard InChI is InChI=1S/C11H12I/c1-2-6-10(7-3-1)12-11-8-4-5-9-11/h1-3,6-8H,4-5,9H2/q+1. The molecule has 1 aliphatic carbocycles. The van der Waals surface area contributed by atoms with Crippen molar-refractivity contribution < 1.29 is 21.2 Å². The summed E-state index contributed by atoms with van der Waals surface area (Å²) in [5, 5.41) is 0. The molecule has 0 fully saturated rings. The number of rotatable bonds is 2. The monoisotopic (exact) mass is 271 g/mol. The Balaban J connectivity index is 2.04. The lowest BCUT2D eigenvalue weighted by Gasteiger charge is -1.83. The highest BCUT2D eigenvalue weighted by atomic mass is 127. The van der Waals surface area contributed by atoms with Gasteiger partial charge in [-0.25, -0.2) is 0 Å². The molecule has 1 heteroatoms. The van der Waals surface area contributed by atoms with Crippen molar-refractivity contribution in [2.24, 2.45) is 0 Å². The maximum absolute atomic E-state index is 2.44. The van der Waals surface area contributed by atoms with Crippen LogP contribution < -0.4 is 21.2 Å². The summed E-state index contributed by atoms with van der Waals surface area (Å²) < 4.78 is 3.30. The average Bonchev–Trinajstić information content (AvgIpc) is 2.59. The first kappa shape index (κ1) is 8.30. The topological polar surface area (TPSA) is 0 Å². The van der Waals surface area contributed by atoms with E-state index in [9.17, 15) is 0 Å². The molecule has 0 spiro atoms. The van der Waals surface area contributed by atoms with E-state index >= 15 is 0 Å². The largest absolute Gasteiger partial charge is 0.352 e. The molecule has 0 atom stereocenters. The second-order valence-corrected chi connectivity index (χ2v) is 6.10. The molecule has 0 radical (unpaired) electrons. The minimum atomic E-state index is 0.184. The van der Waals surface area contributed by atoms with Crippen molar-refractivity contribution >= 4 is 0 Å². The molecule has 0 amide bonds. The zero-order chi connectivity index (χ0) is 8.23. The lowest BCUT2D eigenvalue weighted by atomic mass is 10.4. The van der Waals surface area contributed by atoms with Crippen molar-refractivity contribution in [3.63, 3.8) is 0 Å². The van der Waals surface area contributed by atoms with Crippen LogP contribution in [0.15, 0.2) is 40.0 Å². The first-order chi connectivity index (χ1) is 5.95. The maximum Gasteiger partial charge on any atom is 0.352 e. The van der Waals surface area contributed by atoms with Gasteiger partial charge in [0.05, 0.1) is 0 Å². The van der Waals surface area contributed by atoms with Crippen LogP contribution in [0.1, 0.15) is 19.3 Å². The highest BCUT2D eigenvalue weighted by Gasteiger charge is 2.20. The molecule has 0 unspecified atom stereocenters. The first-order valence-electron chi connectivity index (χ1n) is 4.34. The normalized spacial score (nSPS) is 16.2. The summed E-state index contributed by atoms with van der Waals surface area (Å²) in [6, 6.07) is 10.9. The Morgan fingerprint density at radius 3 is 2.58 bits per heavy atom. The third-order valence-corrected chi connectivity index (χ3v) is 4.96. The van der Waals surface area contributed by atoms with E-state index in [0.29, 0.717) is 0 Å². The molecule has 0 N–H and O–H groups in total. The van der Waals surface area contributed by atoms with Gasteiger partial charge in [0.2, 0.25) is 0 Å². The number of allylic oxidation sites excluding steroid dienone is 2. The molecule has 2 rings (SSSR count). The lowest BCUT2D eigenvalue weighted by Crippen LogP contribution is -3.60. The summed E-state index contributed by atoms with van der Waals surface area (Å²) in [5.74, 6) is 0.